The second-order valence-corrected chi connectivity index (χ2v) is 3.81. The van der Waals surface area contributed by atoms with E-state index in [1.54, 1.807) is 0 Å². The molecule has 0 atom stereocenters. The van der Waals surface area contributed by atoms with Gasteiger partial charge in [0, 0.05) is 0 Å². The zero-order valence-corrected chi connectivity index (χ0v) is 8.51. The number of hydrogen-bond acceptors (Lipinski definition) is 2. The molecule has 0 spiro atoms. The Balaban J connectivity index is 3.50. The molecule has 2 heteroatoms. The van der Waals surface area contributed by atoms with Crippen molar-refractivity contribution >= 4 is 0 Å². The van der Waals surface area contributed by atoms with E-state index in [9.17, 15) is 0 Å². The number of nitrogens with two attached hydrogens (primary N) is 2. The highest BCUT2D eigenvalue weighted by Crippen LogP contribution is 2.09. The van der Waals surface area contributed by atoms with E-state index in [4.69, 9.17) is 11.5 Å². The molecular weight excluding hydrogens is 148 g/mol. The summed E-state index contributed by atoms with van der Waals surface area (Å²) in [5, 5.41) is 0. The molecule has 0 fully saturated rings. The Kier molecular flexibility index (Phi) is 6.03. The Morgan fingerprint density at radius 3 is 2.33 bits per heavy atom. The fourth-order valence-electron chi connectivity index (χ4n) is 1.27. The predicted molar refractivity (Wildman–Crippen MR) is 54.6 cm³/mol. The molecule has 4 N–H and O–H groups in total. The van der Waals surface area contributed by atoms with Crippen LogP contribution in [-0.4, -0.2) is 6.17 Å². The van der Waals surface area contributed by atoms with Gasteiger partial charge in [-0.25, -0.2) is 0 Å². The Morgan fingerprint density at radius 2 is 1.92 bits per heavy atom. The fraction of sp³-hybridized carbons (Fsp3) is 0.800. The minimum absolute atomic E-state index is 0.142. The van der Waals surface area contributed by atoms with Crippen molar-refractivity contribution in [3.63, 3.8) is 0 Å². The van der Waals surface area contributed by atoms with E-state index in [2.05, 4.69) is 26.8 Å². The SMILES string of the molecule is CC(=CC(C)C)CCCC(N)N. The van der Waals surface area contributed by atoms with E-state index in [1.807, 2.05) is 0 Å². The molecule has 0 aromatic carbocycles. The van der Waals surface area contributed by atoms with Gasteiger partial charge < -0.3 is 11.5 Å². The van der Waals surface area contributed by atoms with Crippen LogP contribution in [0.25, 0.3) is 0 Å². The quantitative estimate of drug-likeness (QED) is 0.490. The maximum absolute atomic E-state index is 5.44. The third kappa shape index (κ3) is 7.76. The van der Waals surface area contributed by atoms with Crippen LogP contribution in [0.2, 0.25) is 0 Å². The lowest BCUT2D eigenvalue weighted by Gasteiger charge is -2.05. The minimum atomic E-state index is -0.142. The molecule has 0 rings (SSSR count). The smallest absolute Gasteiger partial charge is 0.0520 e. The maximum atomic E-state index is 5.44. The molecule has 0 aliphatic rings. The predicted octanol–water partition coefficient (Wildman–Crippen LogP) is 2.00. The van der Waals surface area contributed by atoms with Crippen LogP contribution in [0, 0.1) is 5.92 Å². The molecule has 0 bridgehead atoms. The van der Waals surface area contributed by atoms with Gasteiger partial charge in [-0.2, -0.15) is 0 Å². The molecule has 0 heterocycles. The zero-order chi connectivity index (χ0) is 9.56. The average Bonchev–Trinajstić information content (AvgIpc) is 1.84. The largest absolute Gasteiger partial charge is 0.316 e. The second-order valence-electron chi connectivity index (χ2n) is 3.81. The zero-order valence-electron chi connectivity index (χ0n) is 8.51. The van der Waals surface area contributed by atoms with Gasteiger partial charge in [-0.1, -0.05) is 25.5 Å². The van der Waals surface area contributed by atoms with Crippen molar-refractivity contribution in [3.8, 4) is 0 Å². The molecule has 0 saturated carbocycles. The summed E-state index contributed by atoms with van der Waals surface area (Å²) >= 11 is 0. The molecule has 0 aromatic rings. The highest BCUT2D eigenvalue weighted by Gasteiger charge is 1.96. The third-order valence-corrected chi connectivity index (χ3v) is 1.73. The van der Waals surface area contributed by atoms with E-state index >= 15 is 0 Å². The van der Waals surface area contributed by atoms with Crippen molar-refractivity contribution < 1.29 is 0 Å². The van der Waals surface area contributed by atoms with E-state index in [-0.39, 0.29) is 6.17 Å². The Bertz CT molecular complexity index is 137. The van der Waals surface area contributed by atoms with Gasteiger partial charge in [-0.3, -0.25) is 0 Å². The molecule has 0 unspecified atom stereocenters. The molecule has 0 aliphatic carbocycles. The summed E-state index contributed by atoms with van der Waals surface area (Å²) in [7, 11) is 0. The van der Waals surface area contributed by atoms with Crippen molar-refractivity contribution in [3.05, 3.63) is 11.6 Å². The lowest BCUT2D eigenvalue weighted by atomic mass is 10.1. The maximum Gasteiger partial charge on any atom is 0.0520 e. The first-order valence-electron chi connectivity index (χ1n) is 4.71. The number of rotatable bonds is 5. The fourth-order valence-corrected chi connectivity index (χ4v) is 1.27. The van der Waals surface area contributed by atoms with Gasteiger partial charge in [-0.15, -0.1) is 0 Å². The first-order chi connectivity index (χ1) is 5.52. The molecule has 0 radical (unpaired) electrons. The molecule has 0 amide bonds. The average molecular weight is 170 g/mol. The van der Waals surface area contributed by atoms with E-state index in [1.165, 1.54) is 5.57 Å². The van der Waals surface area contributed by atoms with Crippen molar-refractivity contribution in [2.24, 2.45) is 17.4 Å². The summed E-state index contributed by atoms with van der Waals surface area (Å²) in [6.07, 6.45) is 5.30. The monoisotopic (exact) mass is 170 g/mol. The van der Waals surface area contributed by atoms with Crippen LogP contribution < -0.4 is 11.5 Å². The highest BCUT2D eigenvalue weighted by atomic mass is 14.8. The van der Waals surface area contributed by atoms with Crippen molar-refractivity contribution in [1.82, 2.24) is 0 Å². The summed E-state index contributed by atoms with van der Waals surface area (Å²) in [6, 6.07) is 0. The van der Waals surface area contributed by atoms with Gasteiger partial charge in [0.15, 0.2) is 0 Å². The number of allylic oxidation sites excluding steroid dienone is 2. The first-order valence-corrected chi connectivity index (χ1v) is 4.71. The van der Waals surface area contributed by atoms with Gasteiger partial charge in [0.25, 0.3) is 0 Å². The molecular formula is C10H22N2. The second kappa shape index (κ2) is 6.21. The Labute approximate surface area is 76.0 Å². The molecule has 0 aliphatic heterocycles. The summed E-state index contributed by atoms with van der Waals surface area (Å²) in [4.78, 5) is 0. The molecule has 0 aromatic heterocycles. The molecule has 0 saturated heterocycles. The summed E-state index contributed by atoms with van der Waals surface area (Å²) in [6.45, 7) is 6.55. The summed E-state index contributed by atoms with van der Waals surface area (Å²) in [5.74, 6) is 0.650. The van der Waals surface area contributed by atoms with Crippen molar-refractivity contribution in [2.75, 3.05) is 0 Å². The molecule has 12 heavy (non-hydrogen) atoms. The molecule has 2 nitrogen and oxygen atoms in total. The highest BCUT2D eigenvalue weighted by molar-refractivity contribution is 4.99. The van der Waals surface area contributed by atoms with E-state index < -0.39 is 0 Å². The van der Waals surface area contributed by atoms with Crippen LogP contribution >= 0.6 is 0 Å². The Morgan fingerprint density at radius 1 is 1.33 bits per heavy atom. The first kappa shape index (κ1) is 11.7. The van der Waals surface area contributed by atoms with Crippen LogP contribution in [0.5, 0.6) is 0 Å². The lowest BCUT2D eigenvalue weighted by molar-refractivity contribution is 0.599. The lowest BCUT2D eigenvalue weighted by Crippen LogP contribution is -2.29. The van der Waals surface area contributed by atoms with Gasteiger partial charge in [-0.05, 0) is 32.1 Å². The van der Waals surface area contributed by atoms with Crippen LogP contribution in [0.15, 0.2) is 11.6 Å². The van der Waals surface area contributed by atoms with Gasteiger partial charge in [0.2, 0.25) is 0 Å². The van der Waals surface area contributed by atoms with Crippen LogP contribution in [0.4, 0.5) is 0 Å². The van der Waals surface area contributed by atoms with Crippen LogP contribution in [0.1, 0.15) is 40.0 Å². The van der Waals surface area contributed by atoms with Crippen LogP contribution in [-0.2, 0) is 0 Å². The van der Waals surface area contributed by atoms with Crippen LogP contribution in [0.3, 0.4) is 0 Å². The van der Waals surface area contributed by atoms with Gasteiger partial charge in [0.05, 0.1) is 6.17 Å². The summed E-state index contributed by atoms with van der Waals surface area (Å²) in [5.41, 5.74) is 12.3. The Hall–Kier alpha value is -0.340. The van der Waals surface area contributed by atoms with Gasteiger partial charge >= 0.3 is 0 Å². The normalized spacial score (nSPS) is 13.1. The van der Waals surface area contributed by atoms with E-state index in [0.29, 0.717) is 5.92 Å². The molecule has 72 valence electrons. The van der Waals surface area contributed by atoms with E-state index in [0.717, 1.165) is 19.3 Å². The van der Waals surface area contributed by atoms with Crippen molar-refractivity contribution in [1.29, 1.82) is 0 Å². The van der Waals surface area contributed by atoms with Crippen molar-refractivity contribution in [2.45, 2.75) is 46.2 Å². The third-order valence-electron chi connectivity index (χ3n) is 1.73. The minimum Gasteiger partial charge on any atom is -0.316 e. The number of hydrogen-bond donors (Lipinski definition) is 2. The standard InChI is InChI=1S/C10H22N2/c1-8(2)7-9(3)5-4-6-10(11)12/h7-8,10H,4-6,11-12H2,1-3H3. The topological polar surface area (TPSA) is 52.0 Å². The van der Waals surface area contributed by atoms with Gasteiger partial charge in [0.1, 0.15) is 0 Å². The summed E-state index contributed by atoms with van der Waals surface area (Å²) < 4.78 is 0.